The number of methoxy groups -OCH3 is 1. The van der Waals surface area contributed by atoms with E-state index in [4.69, 9.17) is 32.7 Å². The Labute approximate surface area is 146 Å². The number of halogens is 3. The molecule has 0 aliphatic carbocycles. The Hall–Kier alpha value is -1.43. The van der Waals surface area contributed by atoms with Crippen molar-refractivity contribution >= 4 is 50.7 Å². The number of nitrogens with one attached hydrogen (secondary N) is 1. The lowest BCUT2D eigenvalue weighted by molar-refractivity contribution is -0.118. The summed E-state index contributed by atoms with van der Waals surface area (Å²) in [6.45, 7) is -0.162. The van der Waals surface area contributed by atoms with Crippen LogP contribution in [0.15, 0.2) is 40.9 Å². The third-order valence-electron chi connectivity index (χ3n) is 2.69. The van der Waals surface area contributed by atoms with Crippen LogP contribution in [0, 0.1) is 0 Å². The molecule has 0 bridgehead atoms. The van der Waals surface area contributed by atoms with E-state index in [1.165, 1.54) is 7.11 Å². The fourth-order valence-electron chi connectivity index (χ4n) is 1.68. The second-order valence-corrected chi connectivity index (χ2v) is 5.99. The van der Waals surface area contributed by atoms with Crippen molar-refractivity contribution in [2.24, 2.45) is 0 Å². The molecule has 0 atom stereocenters. The first kappa shape index (κ1) is 16.9. The zero-order valence-corrected chi connectivity index (χ0v) is 14.6. The molecule has 0 saturated carbocycles. The highest BCUT2D eigenvalue weighted by molar-refractivity contribution is 9.10. The third kappa shape index (κ3) is 4.53. The summed E-state index contributed by atoms with van der Waals surface area (Å²) in [7, 11) is 1.52. The van der Waals surface area contributed by atoms with Gasteiger partial charge in [0.2, 0.25) is 0 Å². The Bertz CT molecular complexity index is 694. The number of anilines is 1. The summed E-state index contributed by atoms with van der Waals surface area (Å²) in [6, 6.07) is 10.1. The smallest absolute Gasteiger partial charge is 0.262 e. The van der Waals surface area contributed by atoms with Crippen LogP contribution in [0.5, 0.6) is 11.5 Å². The first-order valence-electron chi connectivity index (χ1n) is 6.21. The zero-order valence-electron chi connectivity index (χ0n) is 11.5. The zero-order chi connectivity index (χ0) is 16.1. The molecular weight excluding hydrogens is 393 g/mol. The van der Waals surface area contributed by atoms with E-state index in [0.29, 0.717) is 27.2 Å². The van der Waals surface area contributed by atoms with Crippen molar-refractivity contribution < 1.29 is 14.3 Å². The molecular formula is C15H12BrCl2NO3. The van der Waals surface area contributed by atoms with Crippen LogP contribution in [0.1, 0.15) is 0 Å². The number of benzene rings is 2. The molecule has 1 N–H and O–H groups in total. The van der Waals surface area contributed by atoms with Gasteiger partial charge in [-0.15, -0.1) is 0 Å². The molecule has 2 aromatic carbocycles. The SMILES string of the molecule is COc1ccc(NC(=O)COc2ccc(Br)cc2Cl)cc1Cl. The molecule has 4 nitrogen and oxygen atoms in total. The number of hydrogen-bond donors (Lipinski definition) is 1. The fraction of sp³-hybridized carbons (Fsp3) is 0.133. The summed E-state index contributed by atoms with van der Waals surface area (Å²) in [5, 5.41) is 3.52. The van der Waals surface area contributed by atoms with Gasteiger partial charge in [0.1, 0.15) is 11.5 Å². The van der Waals surface area contributed by atoms with Crippen molar-refractivity contribution in [1.82, 2.24) is 0 Å². The largest absolute Gasteiger partial charge is 0.495 e. The normalized spacial score (nSPS) is 10.2. The second kappa shape index (κ2) is 7.72. The second-order valence-electron chi connectivity index (χ2n) is 4.26. The van der Waals surface area contributed by atoms with Gasteiger partial charge in [0.05, 0.1) is 17.2 Å². The first-order valence-corrected chi connectivity index (χ1v) is 7.75. The minimum atomic E-state index is -0.319. The van der Waals surface area contributed by atoms with Crippen LogP contribution < -0.4 is 14.8 Å². The molecule has 2 rings (SSSR count). The number of hydrogen-bond acceptors (Lipinski definition) is 3. The van der Waals surface area contributed by atoms with Gasteiger partial charge in [-0.1, -0.05) is 39.1 Å². The number of rotatable bonds is 5. The third-order valence-corrected chi connectivity index (χ3v) is 3.77. The topological polar surface area (TPSA) is 47.6 Å². The molecule has 0 aliphatic heterocycles. The van der Waals surface area contributed by atoms with E-state index < -0.39 is 0 Å². The van der Waals surface area contributed by atoms with Crippen LogP contribution in [0.25, 0.3) is 0 Å². The summed E-state index contributed by atoms with van der Waals surface area (Å²) >= 11 is 15.3. The molecule has 7 heteroatoms. The number of amides is 1. The van der Waals surface area contributed by atoms with Crippen LogP contribution in [0.4, 0.5) is 5.69 Å². The highest BCUT2D eigenvalue weighted by Crippen LogP contribution is 2.28. The molecule has 0 aliphatic rings. The van der Waals surface area contributed by atoms with Gasteiger partial charge in [-0.25, -0.2) is 0 Å². The summed E-state index contributed by atoms with van der Waals surface area (Å²) < 4.78 is 11.3. The van der Waals surface area contributed by atoms with E-state index in [9.17, 15) is 4.79 Å². The predicted octanol–water partition coefficient (Wildman–Crippen LogP) is 4.78. The fourth-order valence-corrected chi connectivity index (χ4v) is 2.66. The van der Waals surface area contributed by atoms with Gasteiger partial charge in [0, 0.05) is 10.2 Å². The Morgan fingerprint density at radius 3 is 2.45 bits per heavy atom. The molecule has 0 heterocycles. The Kier molecular flexibility index (Phi) is 5.94. The number of carbonyl (C=O) groups is 1. The maximum atomic E-state index is 11.9. The number of carbonyl (C=O) groups excluding carboxylic acids is 1. The summed E-state index contributed by atoms with van der Waals surface area (Å²) in [5.41, 5.74) is 0.557. The van der Waals surface area contributed by atoms with E-state index in [0.717, 1.165) is 4.47 Å². The Morgan fingerprint density at radius 2 is 1.82 bits per heavy atom. The van der Waals surface area contributed by atoms with Gasteiger partial charge in [-0.3, -0.25) is 4.79 Å². The van der Waals surface area contributed by atoms with E-state index in [2.05, 4.69) is 21.2 Å². The van der Waals surface area contributed by atoms with Crippen molar-refractivity contribution in [3.8, 4) is 11.5 Å². The average Bonchev–Trinajstić information content (AvgIpc) is 2.46. The van der Waals surface area contributed by atoms with Gasteiger partial charge < -0.3 is 14.8 Å². The molecule has 0 radical (unpaired) electrons. The van der Waals surface area contributed by atoms with Gasteiger partial charge in [0.25, 0.3) is 5.91 Å². The van der Waals surface area contributed by atoms with Crippen LogP contribution in [-0.2, 0) is 4.79 Å². The average molecular weight is 405 g/mol. The van der Waals surface area contributed by atoms with Crippen molar-refractivity contribution in [2.45, 2.75) is 0 Å². The van der Waals surface area contributed by atoms with Crippen molar-refractivity contribution in [1.29, 1.82) is 0 Å². The molecule has 0 spiro atoms. The van der Waals surface area contributed by atoms with E-state index in [1.807, 2.05) is 0 Å². The van der Waals surface area contributed by atoms with Crippen LogP contribution >= 0.6 is 39.1 Å². The van der Waals surface area contributed by atoms with E-state index in [-0.39, 0.29) is 12.5 Å². The monoisotopic (exact) mass is 403 g/mol. The lowest BCUT2D eigenvalue weighted by Gasteiger charge is -2.10. The molecule has 0 unspecified atom stereocenters. The van der Waals surface area contributed by atoms with Gasteiger partial charge >= 0.3 is 0 Å². The maximum absolute atomic E-state index is 11.9. The van der Waals surface area contributed by atoms with E-state index in [1.54, 1.807) is 36.4 Å². The molecule has 1 amide bonds. The maximum Gasteiger partial charge on any atom is 0.262 e. The van der Waals surface area contributed by atoms with Gasteiger partial charge in [-0.2, -0.15) is 0 Å². The number of ether oxygens (including phenoxy) is 2. The quantitative estimate of drug-likeness (QED) is 0.779. The molecule has 0 fully saturated rings. The van der Waals surface area contributed by atoms with Gasteiger partial charge in [-0.05, 0) is 36.4 Å². The Balaban J connectivity index is 1.94. The van der Waals surface area contributed by atoms with Crippen LogP contribution in [0.2, 0.25) is 10.0 Å². The standard InChI is InChI=1S/C15H12BrCl2NO3/c1-21-13-5-3-10(7-12(13)18)19-15(20)8-22-14-4-2-9(16)6-11(14)17/h2-7H,8H2,1H3,(H,19,20). The molecule has 22 heavy (non-hydrogen) atoms. The van der Waals surface area contributed by atoms with Crippen molar-refractivity contribution in [2.75, 3.05) is 19.0 Å². The lowest BCUT2D eigenvalue weighted by atomic mass is 10.3. The summed E-state index contributed by atoms with van der Waals surface area (Å²) in [6.07, 6.45) is 0. The first-order chi connectivity index (χ1) is 10.5. The Morgan fingerprint density at radius 1 is 1.14 bits per heavy atom. The minimum absolute atomic E-state index is 0.162. The summed E-state index contributed by atoms with van der Waals surface area (Å²) in [5.74, 6) is 0.658. The van der Waals surface area contributed by atoms with Crippen LogP contribution in [-0.4, -0.2) is 19.6 Å². The van der Waals surface area contributed by atoms with Gasteiger partial charge in [0.15, 0.2) is 6.61 Å². The lowest BCUT2D eigenvalue weighted by Crippen LogP contribution is -2.20. The predicted molar refractivity (Wildman–Crippen MR) is 91.3 cm³/mol. The van der Waals surface area contributed by atoms with Crippen LogP contribution in [0.3, 0.4) is 0 Å². The van der Waals surface area contributed by atoms with E-state index >= 15 is 0 Å². The highest BCUT2D eigenvalue weighted by atomic mass is 79.9. The van der Waals surface area contributed by atoms with Crippen molar-refractivity contribution in [3.05, 3.63) is 50.9 Å². The highest BCUT2D eigenvalue weighted by Gasteiger charge is 2.08. The summed E-state index contributed by atoms with van der Waals surface area (Å²) in [4.78, 5) is 11.9. The van der Waals surface area contributed by atoms with Crippen molar-refractivity contribution in [3.63, 3.8) is 0 Å². The minimum Gasteiger partial charge on any atom is -0.495 e. The molecule has 116 valence electrons. The molecule has 0 aromatic heterocycles. The molecule has 2 aromatic rings. The molecule has 0 saturated heterocycles.